The van der Waals surface area contributed by atoms with Gasteiger partial charge in [-0.2, -0.15) is 0 Å². The van der Waals surface area contributed by atoms with E-state index in [0.717, 1.165) is 10.8 Å². The van der Waals surface area contributed by atoms with Crippen molar-refractivity contribution in [2.24, 2.45) is 5.73 Å². The quantitative estimate of drug-likeness (QED) is 0.882. The van der Waals surface area contributed by atoms with Crippen molar-refractivity contribution in [3.8, 4) is 5.75 Å². The Labute approximate surface area is 151 Å². The van der Waals surface area contributed by atoms with Crippen LogP contribution in [0.1, 0.15) is 19.3 Å². The Hall–Kier alpha value is -1.76. The molecule has 3 N–H and O–H groups in total. The number of aliphatic hydroxyl groups excluding tert-OH is 1. The minimum Gasteiger partial charge on any atom is -0.488 e. The standard InChI is InChI=1S/C20H24F2N2O2/c21-20(22)7-9-24(10-8-20)18-16(23)12-17(19(18)25)26-15-6-5-13-3-1-2-4-14(13)11-15/h1-6,11,16-19,25H,7-10,12,23H2/t16-,17-,18+,19+/m1/s1. The number of likely N-dealkylation sites (tertiary alicyclic amines) is 1. The first kappa shape index (κ1) is 17.6. The van der Waals surface area contributed by atoms with Crippen LogP contribution >= 0.6 is 0 Å². The van der Waals surface area contributed by atoms with Crippen LogP contribution in [0.25, 0.3) is 10.8 Å². The minimum absolute atomic E-state index is 0.181. The lowest BCUT2D eigenvalue weighted by Crippen LogP contribution is -2.54. The van der Waals surface area contributed by atoms with Crippen molar-refractivity contribution in [1.29, 1.82) is 0 Å². The average Bonchev–Trinajstić information content (AvgIpc) is 2.89. The third kappa shape index (κ3) is 3.41. The second-order valence-electron chi connectivity index (χ2n) is 7.44. The second kappa shape index (κ2) is 6.76. The van der Waals surface area contributed by atoms with Gasteiger partial charge < -0.3 is 15.6 Å². The highest BCUT2D eigenvalue weighted by atomic mass is 19.3. The van der Waals surface area contributed by atoms with Crippen LogP contribution in [-0.4, -0.2) is 53.3 Å². The first-order chi connectivity index (χ1) is 12.4. The zero-order valence-electron chi connectivity index (χ0n) is 14.5. The van der Waals surface area contributed by atoms with Gasteiger partial charge in [0.15, 0.2) is 0 Å². The monoisotopic (exact) mass is 362 g/mol. The van der Waals surface area contributed by atoms with E-state index in [9.17, 15) is 13.9 Å². The van der Waals surface area contributed by atoms with E-state index in [1.165, 1.54) is 0 Å². The van der Waals surface area contributed by atoms with E-state index >= 15 is 0 Å². The molecule has 0 radical (unpaired) electrons. The van der Waals surface area contributed by atoms with Crippen LogP contribution in [0.15, 0.2) is 42.5 Å². The highest BCUT2D eigenvalue weighted by Gasteiger charge is 2.47. The van der Waals surface area contributed by atoms with E-state index in [1.54, 1.807) is 0 Å². The lowest BCUT2D eigenvalue weighted by Gasteiger charge is -2.38. The molecular formula is C20H24F2N2O2. The molecule has 6 heteroatoms. The summed E-state index contributed by atoms with van der Waals surface area (Å²) in [5.41, 5.74) is 6.23. The zero-order chi connectivity index (χ0) is 18.3. The van der Waals surface area contributed by atoms with E-state index in [0.29, 0.717) is 12.2 Å². The Balaban J connectivity index is 1.46. The van der Waals surface area contributed by atoms with Crippen molar-refractivity contribution in [3.05, 3.63) is 42.5 Å². The molecule has 140 valence electrons. The summed E-state index contributed by atoms with van der Waals surface area (Å²) < 4.78 is 32.8. The SMILES string of the molecule is N[C@@H]1C[C@@H](Oc2ccc3ccccc3c2)[C@H](O)[C@H]1N1CCC(F)(F)CC1. The predicted octanol–water partition coefficient (Wildman–Crippen LogP) is 2.78. The molecule has 2 aromatic carbocycles. The number of hydrogen-bond acceptors (Lipinski definition) is 4. The summed E-state index contributed by atoms with van der Waals surface area (Å²) in [5, 5.41) is 12.9. The van der Waals surface area contributed by atoms with Crippen molar-refractivity contribution in [3.63, 3.8) is 0 Å². The summed E-state index contributed by atoms with van der Waals surface area (Å²) in [7, 11) is 0. The lowest BCUT2D eigenvalue weighted by molar-refractivity contribution is -0.0779. The number of piperidine rings is 1. The molecule has 1 heterocycles. The molecule has 2 aromatic rings. The van der Waals surface area contributed by atoms with Crippen LogP contribution in [0.4, 0.5) is 8.78 Å². The van der Waals surface area contributed by atoms with Crippen LogP contribution in [0, 0.1) is 0 Å². The van der Waals surface area contributed by atoms with Crippen molar-refractivity contribution in [1.82, 2.24) is 4.90 Å². The van der Waals surface area contributed by atoms with E-state index in [1.807, 2.05) is 47.4 Å². The van der Waals surface area contributed by atoms with Crippen LogP contribution in [0.2, 0.25) is 0 Å². The van der Waals surface area contributed by atoms with Gasteiger partial charge in [-0.05, 0) is 22.9 Å². The molecule has 4 rings (SSSR count). The molecule has 4 atom stereocenters. The number of fused-ring (bicyclic) bond motifs is 1. The second-order valence-corrected chi connectivity index (χ2v) is 7.44. The molecule has 2 aliphatic rings. The van der Waals surface area contributed by atoms with E-state index in [2.05, 4.69) is 0 Å². The van der Waals surface area contributed by atoms with Crippen LogP contribution in [0.5, 0.6) is 5.75 Å². The van der Waals surface area contributed by atoms with E-state index in [-0.39, 0.29) is 38.0 Å². The van der Waals surface area contributed by atoms with Gasteiger partial charge in [-0.3, -0.25) is 4.90 Å². The third-order valence-corrected chi connectivity index (χ3v) is 5.63. The lowest BCUT2D eigenvalue weighted by atomic mass is 10.0. The van der Waals surface area contributed by atoms with Gasteiger partial charge in [0.05, 0.1) is 6.04 Å². The largest absolute Gasteiger partial charge is 0.488 e. The molecule has 1 saturated heterocycles. The van der Waals surface area contributed by atoms with Gasteiger partial charge in [-0.1, -0.05) is 30.3 Å². The maximum absolute atomic E-state index is 13.4. The number of nitrogens with zero attached hydrogens (tertiary/aromatic N) is 1. The van der Waals surface area contributed by atoms with Gasteiger partial charge in [0.1, 0.15) is 18.0 Å². The molecular weight excluding hydrogens is 338 g/mol. The maximum atomic E-state index is 13.4. The summed E-state index contributed by atoms with van der Waals surface area (Å²) in [6.45, 7) is 0.510. The number of rotatable bonds is 3. The number of nitrogens with two attached hydrogens (primary N) is 1. The van der Waals surface area contributed by atoms with Crippen molar-refractivity contribution >= 4 is 10.8 Å². The van der Waals surface area contributed by atoms with Crippen molar-refractivity contribution in [2.45, 2.75) is 49.5 Å². The first-order valence-corrected chi connectivity index (χ1v) is 9.14. The number of halogens is 2. The number of ether oxygens (including phenoxy) is 1. The summed E-state index contributed by atoms with van der Waals surface area (Å²) in [4.78, 5) is 1.90. The fraction of sp³-hybridized carbons (Fsp3) is 0.500. The van der Waals surface area contributed by atoms with Gasteiger partial charge in [0.25, 0.3) is 5.92 Å². The van der Waals surface area contributed by atoms with E-state index in [4.69, 9.17) is 10.5 Å². The molecule has 0 unspecified atom stereocenters. The van der Waals surface area contributed by atoms with E-state index < -0.39 is 18.1 Å². The summed E-state index contributed by atoms with van der Waals surface area (Å²) in [6, 6.07) is 13.2. The number of aliphatic hydroxyl groups is 1. The molecule has 26 heavy (non-hydrogen) atoms. The molecule has 2 fully saturated rings. The van der Waals surface area contributed by atoms with Crippen LogP contribution in [0.3, 0.4) is 0 Å². The number of benzene rings is 2. The fourth-order valence-corrected chi connectivity index (χ4v) is 4.19. The van der Waals surface area contributed by atoms with Gasteiger partial charge in [0.2, 0.25) is 0 Å². The molecule has 4 nitrogen and oxygen atoms in total. The van der Waals surface area contributed by atoms with Gasteiger partial charge in [-0.15, -0.1) is 0 Å². The molecule has 1 aliphatic carbocycles. The highest BCUT2D eigenvalue weighted by Crippen LogP contribution is 2.34. The summed E-state index contributed by atoms with van der Waals surface area (Å²) in [5.74, 6) is -1.92. The van der Waals surface area contributed by atoms with Crippen LogP contribution in [-0.2, 0) is 0 Å². The minimum atomic E-state index is -2.61. The Morgan fingerprint density at radius 1 is 1.08 bits per heavy atom. The molecule has 0 spiro atoms. The Morgan fingerprint density at radius 2 is 1.77 bits per heavy atom. The van der Waals surface area contributed by atoms with Crippen LogP contribution < -0.4 is 10.5 Å². The average molecular weight is 362 g/mol. The molecule has 0 aromatic heterocycles. The van der Waals surface area contributed by atoms with Gasteiger partial charge in [0, 0.05) is 38.4 Å². The molecule has 0 bridgehead atoms. The van der Waals surface area contributed by atoms with Gasteiger partial charge in [-0.25, -0.2) is 8.78 Å². The first-order valence-electron chi connectivity index (χ1n) is 9.14. The van der Waals surface area contributed by atoms with Crippen molar-refractivity contribution in [2.75, 3.05) is 13.1 Å². The summed E-state index contributed by atoms with van der Waals surface area (Å²) in [6.07, 6.45) is -1.08. The Bertz CT molecular complexity index is 775. The normalized spacial score (nSPS) is 32.0. The van der Waals surface area contributed by atoms with Crippen molar-refractivity contribution < 1.29 is 18.6 Å². The Morgan fingerprint density at radius 3 is 2.50 bits per heavy atom. The highest BCUT2D eigenvalue weighted by molar-refractivity contribution is 5.83. The summed E-state index contributed by atoms with van der Waals surface area (Å²) >= 11 is 0. The smallest absolute Gasteiger partial charge is 0.250 e. The zero-order valence-corrected chi connectivity index (χ0v) is 14.5. The fourth-order valence-electron chi connectivity index (χ4n) is 4.19. The Kier molecular flexibility index (Phi) is 4.59. The third-order valence-electron chi connectivity index (χ3n) is 5.63. The molecule has 1 saturated carbocycles. The maximum Gasteiger partial charge on any atom is 0.250 e. The molecule has 0 amide bonds. The van der Waals surface area contributed by atoms with Gasteiger partial charge >= 0.3 is 0 Å². The number of hydrogen-bond donors (Lipinski definition) is 2. The number of alkyl halides is 2. The molecule has 1 aliphatic heterocycles. The topological polar surface area (TPSA) is 58.7 Å². The predicted molar refractivity (Wildman–Crippen MR) is 96.5 cm³/mol.